The number of nitrogens with zero attached hydrogens (tertiary/aromatic N) is 1. The molecule has 0 aromatic carbocycles. The first-order valence-corrected chi connectivity index (χ1v) is 9.67. The molecule has 3 fully saturated rings. The molecular formula is C21H29NO2. The van der Waals surface area contributed by atoms with Crippen molar-refractivity contribution in [2.24, 2.45) is 28.6 Å². The van der Waals surface area contributed by atoms with Crippen LogP contribution < -0.4 is 0 Å². The number of aliphatic hydroxyl groups is 1. The lowest BCUT2D eigenvalue weighted by atomic mass is 9.46. The van der Waals surface area contributed by atoms with Crippen molar-refractivity contribution in [3.05, 3.63) is 11.6 Å². The van der Waals surface area contributed by atoms with Gasteiger partial charge in [0.1, 0.15) is 0 Å². The topological polar surface area (TPSA) is 61.1 Å². The van der Waals surface area contributed by atoms with Crippen LogP contribution in [0.1, 0.15) is 71.6 Å². The number of carbonyl (C=O) groups is 1. The van der Waals surface area contributed by atoms with Gasteiger partial charge in [-0.2, -0.15) is 5.26 Å². The van der Waals surface area contributed by atoms with Gasteiger partial charge in [-0.1, -0.05) is 19.4 Å². The molecule has 0 unspecified atom stereocenters. The highest BCUT2D eigenvalue weighted by molar-refractivity contribution is 5.91. The summed E-state index contributed by atoms with van der Waals surface area (Å²) in [7, 11) is 0. The highest BCUT2D eigenvalue weighted by Gasteiger charge is 2.63. The van der Waals surface area contributed by atoms with Gasteiger partial charge in [0.25, 0.3) is 0 Å². The number of fused-ring (bicyclic) bond motifs is 5. The third-order valence-corrected chi connectivity index (χ3v) is 8.66. The molecule has 4 aliphatic rings. The van der Waals surface area contributed by atoms with Crippen molar-refractivity contribution in [2.75, 3.05) is 0 Å². The number of ketones is 1. The van der Waals surface area contributed by atoms with E-state index in [0.717, 1.165) is 44.9 Å². The fraction of sp³-hybridized carbons (Fsp3) is 0.810. The van der Waals surface area contributed by atoms with Crippen LogP contribution in [0.15, 0.2) is 11.6 Å². The molecule has 0 amide bonds. The molecule has 0 aromatic rings. The third-order valence-electron chi connectivity index (χ3n) is 8.66. The van der Waals surface area contributed by atoms with Crippen LogP contribution in [0.3, 0.4) is 0 Å². The van der Waals surface area contributed by atoms with E-state index in [9.17, 15) is 15.2 Å². The summed E-state index contributed by atoms with van der Waals surface area (Å²) >= 11 is 0. The lowest BCUT2D eigenvalue weighted by molar-refractivity contribution is -0.128. The van der Waals surface area contributed by atoms with Gasteiger partial charge in [0.05, 0.1) is 18.1 Å². The fourth-order valence-corrected chi connectivity index (χ4v) is 7.09. The molecule has 3 saturated carbocycles. The Hall–Kier alpha value is -1.14. The van der Waals surface area contributed by atoms with Gasteiger partial charge in [0.2, 0.25) is 0 Å². The molecule has 3 nitrogen and oxygen atoms in total. The van der Waals surface area contributed by atoms with Crippen LogP contribution in [0.2, 0.25) is 0 Å². The molecule has 0 bridgehead atoms. The van der Waals surface area contributed by atoms with Crippen LogP contribution in [0.4, 0.5) is 0 Å². The average molecular weight is 327 g/mol. The summed E-state index contributed by atoms with van der Waals surface area (Å²) < 4.78 is 0. The van der Waals surface area contributed by atoms with Gasteiger partial charge < -0.3 is 5.11 Å². The van der Waals surface area contributed by atoms with E-state index in [1.165, 1.54) is 5.57 Å². The van der Waals surface area contributed by atoms with Crippen LogP contribution in [0.25, 0.3) is 0 Å². The van der Waals surface area contributed by atoms with Gasteiger partial charge >= 0.3 is 0 Å². The monoisotopic (exact) mass is 327 g/mol. The lowest BCUT2D eigenvalue weighted by Crippen LogP contribution is -2.54. The van der Waals surface area contributed by atoms with Gasteiger partial charge in [-0.25, -0.2) is 0 Å². The maximum absolute atomic E-state index is 11.9. The Kier molecular flexibility index (Phi) is 3.52. The Balaban J connectivity index is 1.67. The smallest absolute Gasteiger partial charge is 0.155 e. The highest BCUT2D eigenvalue weighted by atomic mass is 16.3. The maximum Gasteiger partial charge on any atom is 0.155 e. The zero-order valence-corrected chi connectivity index (χ0v) is 15.0. The summed E-state index contributed by atoms with van der Waals surface area (Å²) in [5.41, 5.74) is 0.686. The first-order chi connectivity index (χ1) is 11.3. The average Bonchev–Trinajstić information content (AvgIpc) is 2.80. The Bertz CT molecular complexity index is 647. The van der Waals surface area contributed by atoms with Crippen molar-refractivity contribution in [1.82, 2.24) is 0 Å². The molecular weight excluding hydrogens is 298 g/mol. The van der Waals surface area contributed by atoms with Gasteiger partial charge in [0.15, 0.2) is 5.78 Å². The van der Waals surface area contributed by atoms with Crippen molar-refractivity contribution in [1.29, 1.82) is 5.26 Å². The second-order valence-corrected chi connectivity index (χ2v) is 9.33. The summed E-state index contributed by atoms with van der Waals surface area (Å²) in [5.74, 6) is 2.14. The van der Waals surface area contributed by atoms with Crippen molar-refractivity contribution in [3.63, 3.8) is 0 Å². The van der Waals surface area contributed by atoms with Crippen molar-refractivity contribution in [3.8, 4) is 6.07 Å². The standard InChI is InChI=1S/C21H29NO2/c1-19-8-5-15(23)13-14(19)3-4-16-17(19)6-9-20(2)18(16)7-10-21(20,24)11-12-22/h13,16-18,24H,3-11H2,1-2H3/t16-,17+,18+,19+,20-,21+/m0/s1. The van der Waals surface area contributed by atoms with E-state index in [4.69, 9.17) is 0 Å². The van der Waals surface area contributed by atoms with E-state index in [1.807, 2.05) is 6.08 Å². The Morgan fingerprint density at radius 3 is 2.67 bits per heavy atom. The van der Waals surface area contributed by atoms with Gasteiger partial charge in [-0.3, -0.25) is 4.79 Å². The minimum atomic E-state index is -0.795. The molecule has 0 saturated heterocycles. The van der Waals surface area contributed by atoms with Crippen LogP contribution in [0, 0.1) is 39.9 Å². The lowest BCUT2D eigenvalue weighted by Gasteiger charge is -2.59. The number of hydrogen-bond acceptors (Lipinski definition) is 3. The molecule has 0 aromatic heterocycles. The van der Waals surface area contributed by atoms with Crippen molar-refractivity contribution >= 4 is 5.78 Å². The molecule has 4 rings (SSSR count). The predicted molar refractivity (Wildman–Crippen MR) is 91.9 cm³/mol. The van der Waals surface area contributed by atoms with Crippen LogP contribution in [-0.4, -0.2) is 16.5 Å². The third kappa shape index (κ3) is 1.96. The molecule has 3 heteroatoms. The number of carbonyl (C=O) groups excluding carboxylic acids is 1. The van der Waals surface area contributed by atoms with E-state index in [1.54, 1.807) is 0 Å². The molecule has 130 valence electrons. The highest BCUT2D eigenvalue weighted by Crippen LogP contribution is 2.67. The summed E-state index contributed by atoms with van der Waals surface area (Å²) in [6.07, 6.45) is 10.1. The van der Waals surface area contributed by atoms with Gasteiger partial charge in [-0.15, -0.1) is 0 Å². The van der Waals surface area contributed by atoms with E-state index in [2.05, 4.69) is 19.9 Å². The minimum absolute atomic E-state index is 0.105. The zero-order chi connectivity index (χ0) is 17.2. The van der Waals surface area contributed by atoms with Gasteiger partial charge in [-0.05, 0) is 74.2 Å². The van der Waals surface area contributed by atoms with Gasteiger partial charge in [0, 0.05) is 11.8 Å². The minimum Gasteiger partial charge on any atom is -0.388 e. The van der Waals surface area contributed by atoms with Crippen LogP contribution >= 0.6 is 0 Å². The molecule has 24 heavy (non-hydrogen) atoms. The molecule has 0 radical (unpaired) electrons. The quantitative estimate of drug-likeness (QED) is 0.786. The second kappa shape index (κ2) is 5.18. The van der Waals surface area contributed by atoms with Crippen molar-refractivity contribution in [2.45, 2.75) is 77.2 Å². The normalized spacial score (nSPS) is 50.3. The van der Waals surface area contributed by atoms with Crippen LogP contribution in [-0.2, 0) is 4.79 Å². The van der Waals surface area contributed by atoms with E-state index < -0.39 is 5.60 Å². The fourth-order valence-electron chi connectivity index (χ4n) is 7.09. The van der Waals surface area contributed by atoms with E-state index >= 15 is 0 Å². The Labute approximate surface area is 145 Å². The van der Waals surface area contributed by atoms with Crippen molar-refractivity contribution < 1.29 is 9.90 Å². The SMILES string of the molecule is C[C@]12CC[C@@H]3[C@H](CCC4=CC(=O)CC[C@]43C)[C@H]1CC[C@@]2(O)CC#N. The van der Waals surface area contributed by atoms with Crippen LogP contribution in [0.5, 0.6) is 0 Å². The zero-order valence-electron chi connectivity index (χ0n) is 15.0. The van der Waals surface area contributed by atoms with E-state index in [-0.39, 0.29) is 17.3 Å². The largest absolute Gasteiger partial charge is 0.388 e. The summed E-state index contributed by atoms with van der Waals surface area (Å²) in [6.45, 7) is 4.64. The maximum atomic E-state index is 11.9. The number of rotatable bonds is 1. The molecule has 0 heterocycles. The Morgan fingerprint density at radius 2 is 1.92 bits per heavy atom. The molecule has 4 aliphatic carbocycles. The summed E-state index contributed by atoms with van der Waals surface area (Å²) in [4.78, 5) is 11.9. The number of allylic oxidation sites excluding steroid dienone is 1. The molecule has 0 aliphatic heterocycles. The Morgan fingerprint density at radius 1 is 1.17 bits per heavy atom. The molecule has 6 atom stereocenters. The molecule has 1 N–H and O–H groups in total. The number of nitriles is 1. The van der Waals surface area contributed by atoms with E-state index in [0.29, 0.717) is 30.0 Å². The first-order valence-electron chi connectivity index (χ1n) is 9.67. The second-order valence-electron chi connectivity index (χ2n) is 9.33. The first kappa shape index (κ1) is 16.3. The predicted octanol–water partition coefficient (Wildman–Crippen LogP) is 4.16. The molecule has 0 spiro atoms. The summed E-state index contributed by atoms with van der Waals surface area (Å²) in [6, 6.07) is 2.24. The summed E-state index contributed by atoms with van der Waals surface area (Å²) in [5, 5.41) is 20.4. The number of hydrogen-bond donors (Lipinski definition) is 1.